The van der Waals surface area contributed by atoms with Crippen molar-refractivity contribution in [2.24, 2.45) is 5.84 Å². The Morgan fingerprint density at radius 3 is 3.05 bits per heavy atom. The first-order chi connectivity index (χ1) is 9.11. The van der Waals surface area contributed by atoms with Gasteiger partial charge in [-0.3, -0.25) is 19.6 Å². The molecule has 1 aromatic heterocycles. The van der Waals surface area contributed by atoms with Gasteiger partial charge in [0.2, 0.25) is 0 Å². The summed E-state index contributed by atoms with van der Waals surface area (Å²) in [6.45, 7) is 0.241. The second kappa shape index (κ2) is 5.42. The van der Waals surface area contributed by atoms with Crippen molar-refractivity contribution in [3.63, 3.8) is 0 Å². The standard InChI is InChI=1S/C10H11N5O4/c11-13-19-10(16)3-4-14-9-5-8(15(17)18)2-1-7(9)6-12-14/h1-2,5-6,13H,3-4,11H2. The number of aryl methyl sites for hydroxylation is 1. The fourth-order valence-corrected chi connectivity index (χ4v) is 1.66. The Morgan fingerprint density at radius 2 is 2.37 bits per heavy atom. The maximum absolute atomic E-state index is 11.1. The van der Waals surface area contributed by atoms with Crippen LogP contribution < -0.4 is 11.4 Å². The highest BCUT2D eigenvalue weighted by Crippen LogP contribution is 2.20. The third-order valence-corrected chi connectivity index (χ3v) is 2.54. The number of carbonyl (C=O) groups is 1. The fraction of sp³-hybridized carbons (Fsp3) is 0.200. The number of nitro benzene ring substituents is 1. The van der Waals surface area contributed by atoms with Crippen LogP contribution in [0.2, 0.25) is 0 Å². The van der Waals surface area contributed by atoms with Crippen LogP contribution in [0.1, 0.15) is 6.42 Å². The van der Waals surface area contributed by atoms with E-state index >= 15 is 0 Å². The van der Waals surface area contributed by atoms with Crippen molar-refractivity contribution in [1.82, 2.24) is 15.4 Å². The van der Waals surface area contributed by atoms with E-state index in [1.807, 2.05) is 0 Å². The molecule has 0 aliphatic carbocycles. The Hall–Kier alpha value is -2.52. The van der Waals surface area contributed by atoms with Crippen LogP contribution in [-0.4, -0.2) is 20.7 Å². The Kier molecular flexibility index (Phi) is 3.68. The predicted molar refractivity (Wildman–Crippen MR) is 64.4 cm³/mol. The summed E-state index contributed by atoms with van der Waals surface area (Å²) in [5, 5.41) is 15.5. The third kappa shape index (κ3) is 2.84. The number of hydrazine groups is 1. The van der Waals surface area contributed by atoms with Gasteiger partial charge in [0.1, 0.15) is 0 Å². The molecule has 0 radical (unpaired) electrons. The molecule has 9 heteroatoms. The van der Waals surface area contributed by atoms with Crippen molar-refractivity contribution in [2.45, 2.75) is 13.0 Å². The van der Waals surface area contributed by atoms with Gasteiger partial charge in [-0.25, -0.2) is 5.84 Å². The molecule has 2 aromatic rings. The molecule has 2 rings (SSSR count). The highest BCUT2D eigenvalue weighted by molar-refractivity contribution is 5.81. The van der Waals surface area contributed by atoms with Crippen molar-refractivity contribution in [2.75, 3.05) is 0 Å². The highest BCUT2D eigenvalue weighted by Gasteiger charge is 2.11. The Labute approximate surface area is 107 Å². The smallest absolute Gasteiger partial charge is 0.328 e. The summed E-state index contributed by atoms with van der Waals surface area (Å²) in [6, 6.07) is 4.42. The van der Waals surface area contributed by atoms with Crippen molar-refractivity contribution >= 4 is 22.6 Å². The molecule has 0 bridgehead atoms. The van der Waals surface area contributed by atoms with Gasteiger partial charge in [-0.05, 0) is 6.07 Å². The van der Waals surface area contributed by atoms with Crippen LogP contribution in [0.25, 0.3) is 10.9 Å². The number of fused-ring (bicyclic) bond motifs is 1. The van der Waals surface area contributed by atoms with Gasteiger partial charge in [0.15, 0.2) is 0 Å². The van der Waals surface area contributed by atoms with Gasteiger partial charge < -0.3 is 4.84 Å². The summed E-state index contributed by atoms with van der Waals surface area (Å²) in [6.07, 6.45) is 1.62. The van der Waals surface area contributed by atoms with Crippen LogP contribution in [0.4, 0.5) is 5.69 Å². The topological polar surface area (TPSA) is 125 Å². The lowest BCUT2D eigenvalue weighted by Gasteiger charge is -2.03. The number of benzene rings is 1. The van der Waals surface area contributed by atoms with Gasteiger partial charge in [0, 0.05) is 17.5 Å². The van der Waals surface area contributed by atoms with E-state index in [-0.39, 0.29) is 18.7 Å². The molecule has 0 saturated heterocycles. The molecular formula is C10H11N5O4. The zero-order valence-corrected chi connectivity index (χ0v) is 9.78. The monoisotopic (exact) mass is 265 g/mol. The van der Waals surface area contributed by atoms with Gasteiger partial charge in [-0.1, -0.05) is 5.59 Å². The molecule has 19 heavy (non-hydrogen) atoms. The van der Waals surface area contributed by atoms with E-state index in [1.54, 1.807) is 17.9 Å². The Bertz CT molecular complexity index is 623. The van der Waals surface area contributed by atoms with Crippen molar-refractivity contribution in [1.29, 1.82) is 0 Å². The molecule has 0 saturated carbocycles. The number of nitrogens with two attached hydrogens (primary N) is 1. The molecule has 0 atom stereocenters. The van der Waals surface area contributed by atoms with Gasteiger partial charge in [-0.15, -0.1) is 0 Å². The number of aromatic nitrogens is 2. The van der Waals surface area contributed by atoms with E-state index in [2.05, 4.69) is 9.94 Å². The number of non-ortho nitro benzene ring substituents is 1. The minimum atomic E-state index is -0.545. The minimum Gasteiger partial charge on any atom is -0.356 e. The first-order valence-corrected chi connectivity index (χ1v) is 5.37. The zero-order chi connectivity index (χ0) is 13.8. The largest absolute Gasteiger partial charge is 0.356 e. The molecule has 9 nitrogen and oxygen atoms in total. The van der Waals surface area contributed by atoms with Crippen LogP contribution in [0, 0.1) is 10.1 Å². The molecule has 0 amide bonds. The van der Waals surface area contributed by atoms with E-state index in [9.17, 15) is 14.9 Å². The summed E-state index contributed by atoms with van der Waals surface area (Å²) < 4.78 is 1.50. The molecule has 0 aliphatic heterocycles. The number of hydrogen-bond acceptors (Lipinski definition) is 7. The van der Waals surface area contributed by atoms with Crippen LogP contribution in [0.15, 0.2) is 24.4 Å². The van der Waals surface area contributed by atoms with E-state index < -0.39 is 10.9 Å². The summed E-state index contributed by atoms with van der Waals surface area (Å²) in [4.78, 5) is 25.7. The van der Waals surface area contributed by atoms with Crippen LogP contribution in [0.5, 0.6) is 0 Å². The van der Waals surface area contributed by atoms with Crippen LogP contribution >= 0.6 is 0 Å². The normalized spacial score (nSPS) is 10.6. The zero-order valence-electron chi connectivity index (χ0n) is 9.78. The van der Waals surface area contributed by atoms with Crippen LogP contribution in [-0.2, 0) is 16.2 Å². The van der Waals surface area contributed by atoms with E-state index in [0.29, 0.717) is 5.52 Å². The Balaban J connectivity index is 2.21. The van der Waals surface area contributed by atoms with E-state index in [0.717, 1.165) is 5.39 Å². The first kappa shape index (κ1) is 12.9. The highest BCUT2D eigenvalue weighted by atomic mass is 16.7. The minimum absolute atomic E-state index is 0.0274. The van der Waals surface area contributed by atoms with Gasteiger partial charge in [0.25, 0.3) is 5.69 Å². The molecule has 0 aliphatic rings. The molecule has 1 aromatic carbocycles. The maximum Gasteiger partial charge on any atom is 0.328 e. The number of rotatable bonds is 5. The van der Waals surface area contributed by atoms with Crippen LogP contribution in [0.3, 0.4) is 0 Å². The molecule has 100 valence electrons. The van der Waals surface area contributed by atoms with Gasteiger partial charge in [-0.2, -0.15) is 5.10 Å². The fourth-order valence-electron chi connectivity index (χ4n) is 1.66. The second-order valence-electron chi connectivity index (χ2n) is 3.71. The lowest BCUT2D eigenvalue weighted by atomic mass is 10.2. The second-order valence-corrected chi connectivity index (χ2v) is 3.71. The molecule has 3 N–H and O–H groups in total. The number of nitro groups is 1. The molecule has 1 heterocycles. The summed E-state index contributed by atoms with van der Waals surface area (Å²) >= 11 is 0. The van der Waals surface area contributed by atoms with Crippen molar-refractivity contribution in [3.8, 4) is 0 Å². The van der Waals surface area contributed by atoms with Gasteiger partial charge in [0.05, 0.1) is 29.6 Å². The number of hydrogen-bond donors (Lipinski definition) is 2. The summed E-state index contributed by atoms with van der Waals surface area (Å²) in [5.41, 5.74) is 2.35. The average molecular weight is 265 g/mol. The van der Waals surface area contributed by atoms with Gasteiger partial charge >= 0.3 is 5.97 Å². The summed E-state index contributed by atoms with van der Waals surface area (Å²) in [5.74, 6) is 4.29. The number of nitrogens with zero attached hydrogens (tertiary/aromatic N) is 3. The third-order valence-electron chi connectivity index (χ3n) is 2.54. The Morgan fingerprint density at radius 1 is 1.58 bits per heavy atom. The van der Waals surface area contributed by atoms with E-state index in [1.165, 1.54) is 16.8 Å². The molecule has 0 spiro atoms. The molecule has 0 fully saturated rings. The summed E-state index contributed by atoms with van der Waals surface area (Å²) in [7, 11) is 0. The maximum atomic E-state index is 11.1. The molecular weight excluding hydrogens is 254 g/mol. The lowest BCUT2D eigenvalue weighted by Crippen LogP contribution is -2.26. The SMILES string of the molecule is NNOC(=O)CCn1ncc2ccc([N+](=O)[O-])cc21. The average Bonchev–Trinajstić information content (AvgIpc) is 2.79. The number of nitrogens with one attached hydrogen (secondary N) is 1. The predicted octanol–water partition coefficient (Wildman–Crippen LogP) is 0.256. The number of carbonyl (C=O) groups excluding carboxylic acids is 1. The van der Waals surface area contributed by atoms with E-state index in [4.69, 9.17) is 5.84 Å². The molecule has 0 unspecified atom stereocenters. The quantitative estimate of drug-likeness (QED) is 0.451. The first-order valence-electron chi connectivity index (χ1n) is 5.37. The van der Waals surface area contributed by atoms with Crippen molar-refractivity contribution in [3.05, 3.63) is 34.5 Å². The lowest BCUT2D eigenvalue weighted by molar-refractivity contribution is -0.384. The van der Waals surface area contributed by atoms with Crippen molar-refractivity contribution < 1.29 is 14.6 Å².